The fraction of sp³-hybridized carbons (Fsp3) is 0.375. The molecule has 4 rings (SSSR count). The lowest BCUT2D eigenvalue weighted by atomic mass is 10.1. The molecule has 120 valence electrons. The molecule has 0 aliphatic carbocycles. The summed E-state index contributed by atoms with van der Waals surface area (Å²) in [6, 6.07) is 4.90. The van der Waals surface area contributed by atoms with Crippen molar-refractivity contribution in [1.29, 1.82) is 0 Å². The minimum atomic E-state index is -0.212. The highest BCUT2D eigenvalue weighted by molar-refractivity contribution is 5.84. The van der Waals surface area contributed by atoms with Gasteiger partial charge in [0.25, 0.3) is 0 Å². The van der Waals surface area contributed by atoms with Gasteiger partial charge < -0.3 is 14.2 Å². The molecule has 0 spiro atoms. The van der Waals surface area contributed by atoms with Gasteiger partial charge in [0, 0.05) is 43.8 Å². The average Bonchev–Trinajstić information content (AvgIpc) is 3.08. The van der Waals surface area contributed by atoms with E-state index in [1.807, 2.05) is 22.2 Å². The van der Waals surface area contributed by atoms with E-state index in [1.165, 1.54) is 6.07 Å². The lowest BCUT2D eigenvalue weighted by molar-refractivity contribution is 0.200. The van der Waals surface area contributed by atoms with E-state index < -0.39 is 0 Å². The minimum absolute atomic E-state index is 0.0877. The van der Waals surface area contributed by atoms with Crippen molar-refractivity contribution in [2.24, 2.45) is 7.05 Å². The van der Waals surface area contributed by atoms with Crippen molar-refractivity contribution in [1.82, 2.24) is 24.2 Å². The van der Waals surface area contributed by atoms with E-state index in [-0.39, 0.29) is 12.4 Å². The molecule has 1 aromatic carbocycles. The molecule has 3 heterocycles. The fourth-order valence-corrected chi connectivity index (χ4v) is 3.33. The molecule has 0 saturated heterocycles. The Kier molecular flexibility index (Phi) is 3.39. The van der Waals surface area contributed by atoms with Crippen LogP contribution in [0.3, 0.4) is 0 Å². The number of hydrogen-bond acceptors (Lipinski definition) is 4. The van der Waals surface area contributed by atoms with Crippen LogP contribution < -0.4 is 0 Å². The topological polar surface area (TPSA) is 59.1 Å². The SMILES string of the molecule is Cn1cc(CN2CCn3c(CO)nnc3C2)c2cc(F)ccc21. The number of halogens is 1. The Morgan fingerprint density at radius 2 is 2.13 bits per heavy atom. The summed E-state index contributed by atoms with van der Waals surface area (Å²) in [5.41, 5.74) is 2.14. The first-order chi connectivity index (χ1) is 11.2. The molecular weight excluding hydrogens is 297 g/mol. The van der Waals surface area contributed by atoms with Gasteiger partial charge in [-0.15, -0.1) is 10.2 Å². The van der Waals surface area contributed by atoms with E-state index in [0.717, 1.165) is 41.9 Å². The molecule has 0 bridgehead atoms. The fourth-order valence-electron chi connectivity index (χ4n) is 3.33. The van der Waals surface area contributed by atoms with Crippen LogP contribution in [0.2, 0.25) is 0 Å². The Morgan fingerprint density at radius 1 is 1.26 bits per heavy atom. The number of benzene rings is 1. The number of aromatic nitrogens is 4. The van der Waals surface area contributed by atoms with Gasteiger partial charge in [-0.05, 0) is 23.8 Å². The second kappa shape index (κ2) is 5.43. The Hall–Kier alpha value is -2.25. The van der Waals surface area contributed by atoms with Crippen molar-refractivity contribution < 1.29 is 9.50 Å². The van der Waals surface area contributed by atoms with Crippen molar-refractivity contribution in [3.05, 3.63) is 47.4 Å². The largest absolute Gasteiger partial charge is 0.388 e. The number of aliphatic hydroxyl groups is 1. The Morgan fingerprint density at radius 3 is 2.96 bits per heavy atom. The van der Waals surface area contributed by atoms with Crippen LogP contribution in [0.15, 0.2) is 24.4 Å². The highest BCUT2D eigenvalue weighted by Gasteiger charge is 2.21. The van der Waals surface area contributed by atoms with Gasteiger partial charge in [0.1, 0.15) is 18.2 Å². The Labute approximate surface area is 132 Å². The normalized spacial score (nSPS) is 15.3. The van der Waals surface area contributed by atoms with Gasteiger partial charge in [-0.1, -0.05) is 0 Å². The third kappa shape index (κ3) is 2.42. The van der Waals surface area contributed by atoms with Crippen LogP contribution in [0.4, 0.5) is 4.39 Å². The van der Waals surface area contributed by atoms with E-state index in [0.29, 0.717) is 12.4 Å². The first-order valence-corrected chi connectivity index (χ1v) is 7.63. The lowest BCUT2D eigenvalue weighted by Crippen LogP contribution is -2.34. The third-order valence-corrected chi connectivity index (χ3v) is 4.48. The number of aliphatic hydroxyl groups excluding tert-OH is 1. The number of aryl methyl sites for hydroxylation is 1. The highest BCUT2D eigenvalue weighted by atomic mass is 19.1. The Balaban J connectivity index is 1.61. The second-order valence-electron chi connectivity index (χ2n) is 5.98. The summed E-state index contributed by atoms with van der Waals surface area (Å²) in [4.78, 5) is 2.27. The molecule has 0 saturated carbocycles. The van der Waals surface area contributed by atoms with Gasteiger partial charge in [0.05, 0.1) is 6.54 Å². The Bertz CT molecular complexity index is 869. The van der Waals surface area contributed by atoms with E-state index in [1.54, 1.807) is 6.07 Å². The van der Waals surface area contributed by atoms with Crippen LogP contribution in [-0.2, 0) is 33.3 Å². The number of hydrogen-bond donors (Lipinski definition) is 1. The summed E-state index contributed by atoms with van der Waals surface area (Å²) in [7, 11) is 1.98. The van der Waals surface area contributed by atoms with Crippen molar-refractivity contribution >= 4 is 10.9 Å². The number of fused-ring (bicyclic) bond motifs is 2. The third-order valence-electron chi connectivity index (χ3n) is 4.48. The second-order valence-corrected chi connectivity index (χ2v) is 5.98. The van der Waals surface area contributed by atoms with Crippen molar-refractivity contribution in [2.45, 2.75) is 26.2 Å². The summed E-state index contributed by atoms with van der Waals surface area (Å²) in [5.74, 6) is 1.27. The average molecular weight is 315 g/mol. The van der Waals surface area contributed by atoms with E-state index in [9.17, 15) is 9.50 Å². The van der Waals surface area contributed by atoms with Crippen LogP contribution >= 0.6 is 0 Å². The lowest BCUT2D eigenvalue weighted by Gasteiger charge is -2.27. The molecule has 23 heavy (non-hydrogen) atoms. The smallest absolute Gasteiger partial charge is 0.158 e. The summed E-state index contributed by atoms with van der Waals surface area (Å²) in [5, 5.41) is 18.4. The molecule has 3 aromatic rings. The molecule has 2 aromatic heterocycles. The van der Waals surface area contributed by atoms with Gasteiger partial charge in [0.15, 0.2) is 5.82 Å². The van der Waals surface area contributed by atoms with Crippen molar-refractivity contribution in [3.63, 3.8) is 0 Å². The van der Waals surface area contributed by atoms with Crippen LogP contribution in [0.25, 0.3) is 10.9 Å². The van der Waals surface area contributed by atoms with Crippen molar-refractivity contribution in [3.8, 4) is 0 Å². The van der Waals surface area contributed by atoms with Gasteiger partial charge in [0.2, 0.25) is 0 Å². The molecule has 0 amide bonds. The molecule has 0 radical (unpaired) electrons. The summed E-state index contributed by atoms with van der Waals surface area (Å²) in [6.07, 6.45) is 2.06. The number of nitrogens with zero attached hydrogens (tertiary/aromatic N) is 5. The van der Waals surface area contributed by atoms with E-state index >= 15 is 0 Å². The van der Waals surface area contributed by atoms with E-state index in [2.05, 4.69) is 21.3 Å². The minimum Gasteiger partial charge on any atom is -0.388 e. The maximum atomic E-state index is 13.6. The predicted molar refractivity (Wildman–Crippen MR) is 82.9 cm³/mol. The summed E-state index contributed by atoms with van der Waals surface area (Å²) in [6.45, 7) is 2.94. The molecule has 0 atom stereocenters. The van der Waals surface area contributed by atoms with Crippen molar-refractivity contribution in [2.75, 3.05) is 6.54 Å². The van der Waals surface area contributed by atoms with Gasteiger partial charge in [-0.3, -0.25) is 4.90 Å². The molecular formula is C16H18FN5O. The van der Waals surface area contributed by atoms with Crippen LogP contribution in [0, 0.1) is 5.82 Å². The molecule has 1 aliphatic heterocycles. The quantitative estimate of drug-likeness (QED) is 0.794. The molecule has 1 N–H and O–H groups in total. The maximum Gasteiger partial charge on any atom is 0.158 e. The first kappa shape index (κ1) is 14.3. The zero-order valence-corrected chi connectivity index (χ0v) is 12.9. The van der Waals surface area contributed by atoms with Crippen LogP contribution in [0.5, 0.6) is 0 Å². The zero-order valence-electron chi connectivity index (χ0n) is 12.9. The first-order valence-electron chi connectivity index (χ1n) is 7.63. The van der Waals surface area contributed by atoms with Gasteiger partial charge in [-0.2, -0.15) is 0 Å². The molecule has 0 fully saturated rings. The van der Waals surface area contributed by atoms with Crippen LogP contribution in [-0.4, -0.2) is 35.9 Å². The van der Waals surface area contributed by atoms with E-state index in [4.69, 9.17) is 0 Å². The molecule has 6 nitrogen and oxygen atoms in total. The standard InChI is InChI=1S/C16H18FN5O/c1-20-7-11(13-6-12(17)2-3-14(13)20)8-21-4-5-22-15(9-21)18-19-16(22)10-23/h2-3,6-7,23H,4-5,8-10H2,1H3. The van der Waals surface area contributed by atoms with Crippen LogP contribution in [0.1, 0.15) is 17.2 Å². The monoisotopic (exact) mass is 315 g/mol. The highest BCUT2D eigenvalue weighted by Crippen LogP contribution is 2.24. The predicted octanol–water partition coefficient (Wildman–Crippen LogP) is 1.42. The number of rotatable bonds is 3. The molecule has 1 aliphatic rings. The summed E-state index contributed by atoms with van der Waals surface area (Å²) < 4.78 is 17.6. The maximum absolute atomic E-state index is 13.6. The molecule has 0 unspecified atom stereocenters. The molecule has 7 heteroatoms. The zero-order chi connectivity index (χ0) is 16.0. The summed E-state index contributed by atoms with van der Waals surface area (Å²) >= 11 is 0. The van der Waals surface area contributed by atoms with Gasteiger partial charge in [-0.25, -0.2) is 4.39 Å². The van der Waals surface area contributed by atoms with Gasteiger partial charge >= 0.3 is 0 Å².